The topological polar surface area (TPSA) is 131 Å². The molecule has 20 heteroatoms. The molecular formula is C92H142N4O8Si8. The number of hydrogen-bond donors (Lipinski definition) is 2. The summed E-state index contributed by atoms with van der Waals surface area (Å²) in [6.45, 7) is 74.8. The number of H-pyrrole nitrogens is 2. The van der Waals surface area contributed by atoms with Gasteiger partial charge in [-0.2, -0.15) is 0 Å². The summed E-state index contributed by atoms with van der Waals surface area (Å²) in [5.74, 6) is 9.35. The average Bonchev–Trinajstić information content (AvgIpc) is 1.60. The predicted octanol–water partition coefficient (Wildman–Crippen LogP) is 21.9. The number of rotatable bonds is 36. The van der Waals surface area contributed by atoms with Crippen molar-refractivity contribution in [2.75, 3.05) is 0 Å². The highest BCUT2D eigenvalue weighted by molar-refractivity contribution is 6.37. The van der Waals surface area contributed by atoms with Gasteiger partial charge in [-0.3, -0.25) is 0 Å². The molecule has 12 nitrogen and oxygen atoms in total. The SMILES string of the molecule is CC(C)C(C)(C)[SiH2]Oc1cccc(O[SiH2]C(C)(C)C(C)C)c1-c1c2nc(c(-c3c(O[SiH2]C(C)(C)C(C)C)cccc3O[SiH2]C(C)(C)C(C)C)c3ccc([nH]3)c(-c3c(O[SiH2]C(C)(C)C(C)C)cccc3O[SiH2]C(C)(C)C(C)C)c3nc(c(-c4c(O[SiH2]C(C)(C)C(C)C)cccc4O[SiH2]C(C)(C)C(C)C)c4ccc1[nH]4)C=C3)C=C2. The molecule has 0 radical (unpaired) electrons. The van der Waals surface area contributed by atoms with E-state index < -0.39 is 78.1 Å². The van der Waals surface area contributed by atoms with Crippen molar-refractivity contribution in [3.05, 3.63) is 120 Å². The van der Waals surface area contributed by atoms with Crippen molar-refractivity contribution in [1.82, 2.24) is 19.9 Å². The maximum absolute atomic E-state index is 7.51. The molecule has 2 aliphatic rings. The van der Waals surface area contributed by atoms with Gasteiger partial charge in [-0.15, -0.1) is 0 Å². The Kier molecular flexibility index (Phi) is 28.5. The summed E-state index contributed by atoms with van der Waals surface area (Å²) >= 11 is 0. The summed E-state index contributed by atoms with van der Waals surface area (Å²) in [6.07, 6.45) is 8.84. The van der Waals surface area contributed by atoms with Crippen molar-refractivity contribution in [2.45, 2.75) is 262 Å². The minimum atomic E-state index is -1.25. The molecule has 0 unspecified atom stereocenters. The maximum Gasteiger partial charge on any atom is 0.225 e. The lowest BCUT2D eigenvalue weighted by atomic mass is 9.99. The Balaban J connectivity index is 1.60. The normalized spacial score (nSPS) is 14.4. The molecule has 112 heavy (non-hydrogen) atoms. The molecule has 5 heterocycles. The first-order valence-electron chi connectivity index (χ1n) is 41.8. The lowest BCUT2D eigenvalue weighted by Crippen LogP contribution is -2.25. The number of aromatic amines is 2. The van der Waals surface area contributed by atoms with Crippen molar-refractivity contribution in [1.29, 1.82) is 0 Å². The molecule has 0 fully saturated rings. The van der Waals surface area contributed by atoms with Gasteiger partial charge in [0.25, 0.3) is 0 Å². The molecule has 0 amide bonds. The molecule has 7 aromatic rings. The third kappa shape index (κ3) is 20.7. The molecule has 0 aliphatic carbocycles. The van der Waals surface area contributed by atoms with Gasteiger partial charge < -0.3 is 45.4 Å². The largest absolute Gasteiger partial charge is 0.548 e. The molecule has 4 aromatic carbocycles. The van der Waals surface area contributed by atoms with Gasteiger partial charge >= 0.3 is 0 Å². The highest BCUT2D eigenvalue weighted by Crippen LogP contribution is 2.53. The van der Waals surface area contributed by atoms with Gasteiger partial charge in [0.2, 0.25) is 78.1 Å². The zero-order valence-corrected chi connectivity index (χ0v) is 86.3. The van der Waals surface area contributed by atoms with E-state index >= 15 is 0 Å². The Hall–Kier alpha value is -6.38. The number of benzene rings is 4. The summed E-state index contributed by atoms with van der Waals surface area (Å²) < 4.78 is 60.0. The van der Waals surface area contributed by atoms with Crippen LogP contribution in [0.4, 0.5) is 0 Å². The second-order valence-corrected chi connectivity index (χ2v) is 59.7. The summed E-state index contributed by atoms with van der Waals surface area (Å²) in [6, 6.07) is 34.7. The summed E-state index contributed by atoms with van der Waals surface area (Å²) in [4.78, 5) is 20.7. The Bertz CT molecular complexity index is 3950. The number of hydrogen-bond acceptors (Lipinski definition) is 10. The molecule has 2 aliphatic heterocycles. The second-order valence-electron chi connectivity index (χ2n) is 40.5. The van der Waals surface area contributed by atoms with E-state index in [2.05, 4.69) is 353 Å². The predicted molar refractivity (Wildman–Crippen MR) is 505 cm³/mol. The fraction of sp³-hybridized carbons (Fsp3) is 0.522. The molecule has 0 atom stereocenters. The van der Waals surface area contributed by atoms with Gasteiger partial charge in [-0.1, -0.05) is 246 Å². The van der Waals surface area contributed by atoms with E-state index in [1.54, 1.807) is 0 Å². The van der Waals surface area contributed by atoms with Gasteiger partial charge in [0.15, 0.2) is 0 Å². The first-order valence-corrected chi connectivity index (χ1v) is 52.1. The molecule has 2 N–H and O–H groups in total. The van der Waals surface area contributed by atoms with E-state index in [-0.39, 0.29) is 40.3 Å². The third-order valence-corrected chi connectivity index (χ3v) is 43.1. The van der Waals surface area contributed by atoms with Crippen LogP contribution < -0.4 is 35.4 Å². The number of nitrogens with one attached hydrogen (secondary N) is 2. The molecule has 610 valence electrons. The first-order chi connectivity index (χ1) is 52.1. The van der Waals surface area contributed by atoms with Gasteiger partial charge in [-0.05, 0) is 185 Å². The van der Waals surface area contributed by atoms with E-state index in [1.807, 2.05) is 0 Å². The van der Waals surface area contributed by atoms with E-state index in [4.69, 9.17) is 45.4 Å². The molecule has 8 bridgehead atoms. The van der Waals surface area contributed by atoms with Crippen molar-refractivity contribution in [3.63, 3.8) is 0 Å². The van der Waals surface area contributed by atoms with Crippen LogP contribution in [0.3, 0.4) is 0 Å². The van der Waals surface area contributed by atoms with E-state index in [0.717, 1.165) is 135 Å². The smallest absolute Gasteiger partial charge is 0.225 e. The Morgan fingerprint density at radius 3 is 0.473 bits per heavy atom. The number of aromatic nitrogens is 4. The van der Waals surface area contributed by atoms with Crippen molar-refractivity contribution in [3.8, 4) is 90.5 Å². The minimum absolute atomic E-state index is 0.0434. The minimum Gasteiger partial charge on any atom is -0.548 e. The summed E-state index contributed by atoms with van der Waals surface area (Å²) in [5, 5.41) is -0.347. The lowest BCUT2D eigenvalue weighted by molar-refractivity contribution is 0.423. The van der Waals surface area contributed by atoms with Crippen molar-refractivity contribution < 1.29 is 35.4 Å². The highest BCUT2D eigenvalue weighted by atomic mass is 28.2. The van der Waals surface area contributed by atoms with Crippen molar-refractivity contribution in [2.24, 2.45) is 47.3 Å². The molecular weight excluding hydrogens is 1510 g/mol. The Labute approximate surface area is 694 Å². The van der Waals surface area contributed by atoms with Crippen LogP contribution in [-0.4, -0.2) is 98.0 Å². The van der Waals surface area contributed by atoms with Gasteiger partial charge in [0.1, 0.15) is 46.0 Å². The van der Waals surface area contributed by atoms with Crippen LogP contribution in [0, 0.1) is 47.3 Å². The fourth-order valence-corrected chi connectivity index (χ4v) is 20.5. The monoisotopic (exact) mass is 1650 g/mol. The van der Waals surface area contributed by atoms with E-state index in [1.165, 1.54) is 0 Å². The van der Waals surface area contributed by atoms with Crippen molar-refractivity contribution >= 4 is 124 Å². The molecule has 9 rings (SSSR count). The fourth-order valence-electron chi connectivity index (χ4n) is 11.7. The van der Waals surface area contributed by atoms with Crippen LogP contribution >= 0.6 is 0 Å². The zero-order chi connectivity index (χ0) is 82.8. The molecule has 0 saturated carbocycles. The molecule has 0 spiro atoms. The van der Waals surface area contributed by atoms with E-state index in [0.29, 0.717) is 47.3 Å². The molecule has 0 saturated heterocycles. The summed E-state index contributed by atoms with van der Waals surface area (Å²) in [7, 11) is -10.0. The molecule has 3 aromatic heterocycles. The van der Waals surface area contributed by atoms with Crippen LogP contribution in [0.5, 0.6) is 46.0 Å². The third-order valence-electron chi connectivity index (χ3n) is 27.0. The second kappa shape index (κ2) is 35.6. The number of nitrogens with zero attached hydrogens (tertiary/aromatic N) is 2. The zero-order valence-electron chi connectivity index (χ0n) is 75.0. The van der Waals surface area contributed by atoms with Gasteiger partial charge in [-0.25, -0.2) is 9.97 Å². The quantitative estimate of drug-likeness (QED) is 0.0366. The Morgan fingerprint density at radius 2 is 0.348 bits per heavy atom. The first kappa shape index (κ1) is 89.5. The number of fused-ring (bicyclic) bond motifs is 8. The maximum atomic E-state index is 7.51. The Morgan fingerprint density at radius 1 is 0.214 bits per heavy atom. The lowest BCUT2D eigenvalue weighted by Gasteiger charge is -2.31. The van der Waals surface area contributed by atoms with Crippen LogP contribution in [0.15, 0.2) is 97.1 Å². The highest BCUT2D eigenvalue weighted by Gasteiger charge is 2.37. The van der Waals surface area contributed by atoms with Crippen LogP contribution in [0.2, 0.25) is 40.3 Å². The summed E-state index contributed by atoms with van der Waals surface area (Å²) in [5.41, 5.74) is 13.2. The van der Waals surface area contributed by atoms with Crippen LogP contribution in [0.1, 0.15) is 244 Å². The standard InChI is InChI=1S/C92H142N4O8Si8/c1-53(2)85(17,18)105-97-69-37-33-38-70(98-106-86(19,20)54(3)4)81(69)77-61-45-47-63(93-61)78(82-71(99-107-87(21,22)55(5)6)39-34-40-72(82)100-108-88(23,24)56(7)8)65-49-51-67(95-65)80(84-75(103-111-91(29,30)59(13)14)43-36-44-76(84)104-112-92(31,32)60(15)16)68-52-50-66(96-68)79(64-48-46-62(77)94-64)83-73(101-109-89(25,26)57(9)10)41-35-42-74(83)102-110-90(27,28)58(11)12/h33-60,93,96H,105-112H2,1-32H3. The van der Waals surface area contributed by atoms with Gasteiger partial charge in [0, 0.05) is 44.3 Å². The van der Waals surface area contributed by atoms with Gasteiger partial charge in [0.05, 0.1) is 45.0 Å². The average molecular weight is 1660 g/mol. The van der Waals surface area contributed by atoms with E-state index in [9.17, 15) is 0 Å². The van der Waals surface area contributed by atoms with Crippen LogP contribution in [0.25, 0.3) is 90.9 Å². The van der Waals surface area contributed by atoms with Crippen LogP contribution in [-0.2, 0) is 0 Å².